The predicted octanol–water partition coefficient (Wildman–Crippen LogP) is 1.90. The van der Waals surface area contributed by atoms with Gasteiger partial charge >= 0.3 is 5.97 Å². The van der Waals surface area contributed by atoms with Gasteiger partial charge in [-0.2, -0.15) is 0 Å². The van der Waals surface area contributed by atoms with Gasteiger partial charge in [0.05, 0.1) is 7.11 Å². The van der Waals surface area contributed by atoms with Crippen molar-refractivity contribution in [1.29, 1.82) is 0 Å². The number of benzene rings is 1. The molecule has 1 fully saturated rings. The van der Waals surface area contributed by atoms with Crippen LogP contribution in [0.4, 0.5) is 0 Å². The molecule has 1 aromatic carbocycles. The molecule has 9 heteroatoms. The van der Waals surface area contributed by atoms with Crippen molar-refractivity contribution in [3.63, 3.8) is 0 Å². The maximum absolute atomic E-state index is 12.5. The van der Waals surface area contributed by atoms with E-state index in [0.717, 1.165) is 11.3 Å². The molecule has 2 heterocycles. The van der Waals surface area contributed by atoms with Crippen LogP contribution in [0.3, 0.4) is 0 Å². The quantitative estimate of drug-likeness (QED) is 0.458. The van der Waals surface area contributed by atoms with Gasteiger partial charge in [0.15, 0.2) is 0 Å². The molecule has 6 nitrogen and oxygen atoms in total. The fraction of sp³-hybridized carbons (Fsp3) is 0.375. The molecule has 1 aromatic rings. The predicted molar refractivity (Wildman–Crippen MR) is 98.9 cm³/mol. The summed E-state index contributed by atoms with van der Waals surface area (Å²) in [6.07, 6.45) is 0. The van der Waals surface area contributed by atoms with Crippen LogP contribution in [0.15, 0.2) is 35.5 Å². The lowest BCUT2D eigenvalue weighted by molar-refractivity contribution is -0.151. The van der Waals surface area contributed by atoms with Crippen LogP contribution >= 0.6 is 35.8 Å². The molecule has 25 heavy (non-hydrogen) atoms. The Balaban J connectivity index is 0.00000225. The van der Waals surface area contributed by atoms with Crippen LogP contribution < -0.4 is 10.5 Å². The van der Waals surface area contributed by atoms with Gasteiger partial charge in [-0.05, 0) is 23.3 Å². The SMILES string of the molecule is COc1ccc(COC(=O)C2=C(CCl)CS[C@H]3[C@H](N)C(=O)N23)cc1.Cl. The van der Waals surface area contributed by atoms with Crippen LogP contribution in [-0.4, -0.2) is 46.9 Å². The summed E-state index contributed by atoms with van der Waals surface area (Å²) in [7, 11) is 1.58. The van der Waals surface area contributed by atoms with Gasteiger partial charge in [-0.25, -0.2) is 4.79 Å². The molecule has 2 atom stereocenters. The number of carbonyl (C=O) groups excluding carboxylic acids is 2. The van der Waals surface area contributed by atoms with E-state index in [-0.39, 0.29) is 41.9 Å². The molecular weight excluding hydrogens is 387 g/mol. The number of esters is 1. The number of nitrogens with two attached hydrogens (primary N) is 1. The summed E-state index contributed by atoms with van der Waals surface area (Å²) in [5.41, 5.74) is 7.55. The van der Waals surface area contributed by atoms with Crippen molar-refractivity contribution >= 4 is 47.6 Å². The normalized spacial score (nSPS) is 21.9. The first kappa shape index (κ1) is 19.9. The van der Waals surface area contributed by atoms with Gasteiger partial charge < -0.3 is 15.2 Å². The average molecular weight is 405 g/mol. The number of β-lactam (4-membered cyclic amide) rings is 1. The smallest absolute Gasteiger partial charge is 0.355 e. The topological polar surface area (TPSA) is 81.9 Å². The maximum Gasteiger partial charge on any atom is 0.355 e. The van der Waals surface area contributed by atoms with Crippen LogP contribution in [0.25, 0.3) is 0 Å². The Morgan fingerprint density at radius 1 is 1.40 bits per heavy atom. The Hall–Kier alpha value is -1.41. The molecule has 0 unspecified atom stereocenters. The number of hydrogen-bond acceptors (Lipinski definition) is 6. The molecule has 0 radical (unpaired) electrons. The lowest BCUT2D eigenvalue weighted by atomic mass is 10.0. The van der Waals surface area contributed by atoms with Crippen LogP contribution in [0.1, 0.15) is 5.56 Å². The third kappa shape index (κ3) is 3.74. The number of fused-ring (bicyclic) bond motifs is 1. The third-order valence-corrected chi connectivity index (χ3v) is 5.66. The number of thioether (sulfide) groups is 1. The molecule has 3 rings (SSSR count). The lowest BCUT2D eigenvalue weighted by Crippen LogP contribution is -2.68. The Bertz CT molecular complexity index is 696. The van der Waals surface area contributed by atoms with Crippen molar-refractivity contribution in [3.05, 3.63) is 41.1 Å². The number of amides is 1. The van der Waals surface area contributed by atoms with E-state index in [4.69, 9.17) is 26.8 Å². The molecule has 2 N–H and O–H groups in total. The highest BCUT2D eigenvalue weighted by atomic mass is 35.5. The van der Waals surface area contributed by atoms with Crippen LogP contribution in [-0.2, 0) is 20.9 Å². The van der Waals surface area contributed by atoms with E-state index < -0.39 is 12.0 Å². The summed E-state index contributed by atoms with van der Waals surface area (Å²) in [4.78, 5) is 25.9. The average Bonchev–Trinajstić information content (AvgIpc) is 2.64. The molecule has 1 saturated heterocycles. The highest BCUT2D eigenvalue weighted by molar-refractivity contribution is 8.00. The minimum Gasteiger partial charge on any atom is -0.497 e. The van der Waals surface area contributed by atoms with E-state index in [1.807, 2.05) is 12.1 Å². The number of carbonyl (C=O) groups is 2. The molecule has 2 aliphatic heterocycles. The molecule has 0 aromatic heterocycles. The second kappa shape index (κ2) is 8.31. The molecule has 1 amide bonds. The molecule has 0 spiro atoms. The number of halogens is 2. The van der Waals surface area contributed by atoms with Gasteiger partial charge in [-0.3, -0.25) is 9.69 Å². The minimum atomic E-state index is -0.573. The zero-order valence-corrected chi connectivity index (χ0v) is 15.8. The maximum atomic E-state index is 12.5. The first-order valence-electron chi connectivity index (χ1n) is 7.35. The van der Waals surface area contributed by atoms with Crippen molar-refractivity contribution in [2.45, 2.75) is 18.0 Å². The van der Waals surface area contributed by atoms with Gasteiger partial charge in [0.2, 0.25) is 5.91 Å². The molecule has 0 aliphatic carbocycles. The number of rotatable bonds is 5. The second-order valence-corrected chi connectivity index (χ2v) is 6.82. The molecule has 136 valence electrons. The summed E-state index contributed by atoms with van der Waals surface area (Å²) in [5, 5.41) is -0.215. The van der Waals surface area contributed by atoms with Gasteiger partial charge in [-0.1, -0.05) is 12.1 Å². The summed E-state index contributed by atoms with van der Waals surface area (Å²) in [6, 6.07) is 6.63. The monoisotopic (exact) mass is 404 g/mol. The Morgan fingerprint density at radius 3 is 2.68 bits per heavy atom. The van der Waals surface area contributed by atoms with Gasteiger partial charge in [0.25, 0.3) is 0 Å². The van der Waals surface area contributed by atoms with E-state index in [1.54, 1.807) is 19.2 Å². The van der Waals surface area contributed by atoms with Gasteiger partial charge in [-0.15, -0.1) is 35.8 Å². The van der Waals surface area contributed by atoms with Crippen LogP contribution in [0, 0.1) is 0 Å². The van der Waals surface area contributed by atoms with Crippen molar-refractivity contribution in [2.24, 2.45) is 5.73 Å². The molecule has 0 saturated carbocycles. The third-order valence-electron chi connectivity index (χ3n) is 3.97. The Morgan fingerprint density at radius 2 is 2.08 bits per heavy atom. The van der Waals surface area contributed by atoms with Crippen molar-refractivity contribution in [2.75, 3.05) is 18.7 Å². The molecule has 2 aliphatic rings. The standard InChI is InChI=1S/C16H17ClN2O4S.ClH/c1-22-11-4-2-9(3-5-11)7-23-16(21)13-10(6-17)8-24-15-12(18)14(20)19(13)15;/h2-5,12,15H,6-8,18H2,1H3;1H/t12-,15+;/m1./s1. The van der Waals surface area contributed by atoms with Gasteiger partial charge in [0, 0.05) is 11.6 Å². The number of alkyl halides is 1. The molecule has 0 bridgehead atoms. The summed E-state index contributed by atoms with van der Waals surface area (Å²) in [6.45, 7) is 0.105. The van der Waals surface area contributed by atoms with Crippen molar-refractivity contribution in [3.8, 4) is 5.75 Å². The van der Waals surface area contributed by atoms with Crippen molar-refractivity contribution in [1.82, 2.24) is 4.90 Å². The highest BCUT2D eigenvalue weighted by Crippen LogP contribution is 2.40. The summed E-state index contributed by atoms with van der Waals surface area (Å²) in [5.74, 6) is 0.646. The lowest BCUT2D eigenvalue weighted by Gasteiger charge is -2.48. The zero-order valence-electron chi connectivity index (χ0n) is 13.4. The number of hydrogen-bond donors (Lipinski definition) is 1. The summed E-state index contributed by atoms with van der Waals surface area (Å²) >= 11 is 7.44. The van der Waals surface area contributed by atoms with E-state index in [0.29, 0.717) is 11.3 Å². The largest absolute Gasteiger partial charge is 0.497 e. The van der Waals surface area contributed by atoms with Crippen molar-refractivity contribution < 1.29 is 19.1 Å². The minimum absolute atomic E-state index is 0. The fourth-order valence-electron chi connectivity index (χ4n) is 2.61. The first-order chi connectivity index (χ1) is 11.6. The van der Waals surface area contributed by atoms with E-state index in [2.05, 4.69) is 0 Å². The van der Waals surface area contributed by atoms with Crippen LogP contribution in [0.2, 0.25) is 0 Å². The Labute approximate surface area is 161 Å². The summed E-state index contributed by atoms with van der Waals surface area (Å²) < 4.78 is 10.5. The fourth-order valence-corrected chi connectivity index (χ4v) is 4.24. The Kier molecular flexibility index (Phi) is 6.62. The van der Waals surface area contributed by atoms with Gasteiger partial charge in [0.1, 0.15) is 29.5 Å². The zero-order chi connectivity index (χ0) is 17.3. The highest BCUT2D eigenvalue weighted by Gasteiger charge is 2.51. The van der Waals surface area contributed by atoms with Crippen LogP contribution in [0.5, 0.6) is 5.75 Å². The van der Waals surface area contributed by atoms with E-state index in [1.165, 1.54) is 16.7 Å². The number of methoxy groups -OCH3 is 1. The van der Waals surface area contributed by atoms with E-state index in [9.17, 15) is 9.59 Å². The molecular formula is C16H18Cl2N2O4S. The number of nitrogens with zero attached hydrogens (tertiary/aromatic N) is 1. The van der Waals surface area contributed by atoms with E-state index >= 15 is 0 Å². The second-order valence-electron chi connectivity index (χ2n) is 5.45. The number of ether oxygens (including phenoxy) is 2. The first-order valence-corrected chi connectivity index (χ1v) is 8.93.